The van der Waals surface area contributed by atoms with E-state index in [-0.39, 0.29) is 11.9 Å². The molecule has 1 saturated heterocycles. The van der Waals surface area contributed by atoms with Crippen LogP contribution in [0.2, 0.25) is 0 Å². The third kappa shape index (κ3) is 2.78. The van der Waals surface area contributed by atoms with E-state index in [4.69, 9.17) is 0 Å². The van der Waals surface area contributed by atoms with Crippen molar-refractivity contribution in [3.05, 3.63) is 18.1 Å². The van der Waals surface area contributed by atoms with Crippen LogP contribution in [-0.2, 0) is 4.79 Å². The van der Waals surface area contributed by atoms with Crippen LogP contribution in [0.5, 0.6) is 0 Å². The molecular formula is C13H20N4O. The van der Waals surface area contributed by atoms with Crippen molar-refractivity contribution >= 4 is 11.7 Å². The summed E-state index contributed by atoms with van der Waals surface area (Å²) in [6, 6.07) is 2.19. The molecule has 1 fully saturated rings. The smallest absolute Gasteiger partial charge is 0.222 e. The van der Waals surface area contributed by atoms with Crippen LogP contribution in [0.3, 0.4) is 0 Å². The fourth-order valence-corrected chi connectivity index (χ4v) is 2.16. The fraction of sp³-hybridized carbons (Fsp3) is 0.615. The zero-order valence-corrected chi connectivity index (χ0v) is 11.2. The maximum absolute atomic E-state index is 11.5. The van der Waals surface area contributed by atoms with E-state index in [1.54, 1.807) is 6.33 Å². The highest BCUT2D eigenvalue weighted by Crippen LogP contribution is 2.20. The van der Waals surface area contributed by atoms with Crippen LogP contribution in [0, 0.1) is 0 Å². The third-order valence-electron chi connectivity index (χ3n) is 3.25. The zero-order valence-electron chi connectivity index (χ0n) is 11.2. The van der Waals surface area contributed by atoms with Crippen LogP contribution >= 0.6 is 0 Å². The highest BCUT2D eigenvalue weighted by atomic mass is 16.1. The van der Waals surface area contributed by atoms with Gasteiger partial charge in [0.1, 0.15) is 12.1 Å². The lowest BCUT2D eigenvalue weighted by atomic mass is 10.1. The van der Waals surface area contributed by atoms with Crippen molar-refractivity contribution in [1.82, 2.24) is 15.3 Å². The molecule has 0 spiro atoms. The second kappa shape index (κ2) is 5.33. The van der Waals surface area contributed by atoms with E-state index in [0.29, 0.717) is 18.9 Å². The van der Waals surface area contributed by atoms with Gasteiger partial charge in [-0.05, 0) is 12.8 Å². The Kier molecular flexibility index (Phi) is 3.79. The second-order valence-electron chi connectivity index (χ2n) is 5.05. The topological polar surface area (TPSA) is 58.1 Å². The Morgan fingerprint density at radius 2 is 2.22 bits per heavy atom. The molecule has 1 aliphatic rings. The lowest BCUT2D eigenvalue weighted by molar-refractivity contribution is -0.120. The van der Waals surface area contributed by atoms with Gasteiger partial charge in [-0.3, -0.25) is 4.79 Å². The average molecular weight is 248 g/mol. The van der Waals surface area contributed by atoms with Gasteiger partial charge in [-0.2, -0.15) is 0 Å². The lowest BCUT2D eigenvalue weighted by Crippen LogP contribution is -2.35. The maximum atomic E-state index is 11.5. The van der Waals surface area contributed by atoms with E-state index in [1.807, 2.05) is 6.07 Å². The molecule has 1 amide bonds. The molecule has 1 aliphatic heterocycles. The Labute approximate surface area is 108 Å². The van der Waals surface area contributed by atoms with Crippen LogP contribution < -0.4 is 10.2 Å². The van der Waals surface area contributed by atoms with Gasteiger partial charge in [0.15, 0.2) is 0 Å². The first-order valence-corrected chi connectivity index (χ1v) is 6.43. The molecule has 2 heterocycles. The first kappa shape index (κ1) is 12.8. The normalized spacial score (nSPS) is 20.8. The van der Waals surface area contributed by atoms with Crippen molar-refractivity contribution in [3.8, 4) is 0 Å². The minimum atomic E-state index is 0.114. The van der Waals surface area contributed by atoms with Crippen LogP contribution in [0.15, 0.2) is 12.4 Å². The molecule has 1 atom stereocenters. The van der Waals surface area contributed by atoms with Gasteiger partial charge in [0.25, 0.3) is 0 Å². The van der Waals surface area contributed by atoms with Crippen molar-refractivity contribution in [2.24, 2.45) is 0 Å². The maximum Gasteiger partial charge on any atom is 0.222 e. The van der Waals surface area contributed by atoms with E-state index in [9.17, 15) is 4.79 Å². The SMILES string of the molecule is CC(C)c1cc(N2CCNC(=O)CC2C)ncn1. The number of nitrogens with zero attached hydrogens (tertiary/aromatic N) is 3. The van der Waals surface area contributed by atoms with E-state index < -0.39 is 0 Å². The molecule has 0 aromatic carbocycles. The summed E-state index contributed by atoms with van der Waals surface area (Å²) in [5.41, 5.74) is 1.04. The molecule has 5 heteroatoms. The van der Waals surface area contributed by atoms with Crippen molar-refractivity contribution in [3.63, 3.8) is 0 Å². The number of hydrogen-bond acceptors (Lipinski definition) is 4. The Morgan fingerprint density at radius 3 is 2.94 bits per heavy atom. The summed E-state index contributed by atoms with van der Waals surface area (Å²) in [5, 5.41) is 2.89. The molecule has 5 nitrogen and oxygen atoms in total. The molecule has 0 radical (unpaired) electrons. The summed E-state index contributed by atoms with van der Waals surface area (Å²) in [5.74, 6) is 1.41. The Balaban J connectivity index is 2.24. The standard InChI is InChI=1S/C13H20N4O/c1-9(2)11-7-12(16-8-15-11)17-5-4-14-13(18)6-10(17)3/h7-10H,4-6H2,1-3H3,(H,14,18). The van der Waals surface area contributed by atoms with Gasteiger partial charge in [-0.25, -0.2) is 9.97 Å². The van der Waals surface area contributed by atoms with Crippen molar-refractivity contribution in [2.75, 3.05) is 18.0 Å². The molecule has 18 heavy (non-hydrogen) atoms. The van der Waals surface area contributed by atoms with E-state index in [2.05, 4.69) is 41.0 Å². The molecule has 0 aliphatic carbocycles. The van der Waals surface area contributed by atoms with E-state index >= 15 is 0 Å². The van der Waals surface area contributed by atoms with E-state index in [1.165, 1.54) is 0 Å². The summed E-state index contributed by atoms with van der Waals surface area (Å²) >= 11 is 0. The number of aromatic nitrogens is 2. The number of nitrogens with one attached hydrogen (secondary N) is 1. The molecule has 98 valence electrons. The second-order valence-corrected chi connectivity index (χ2v) is 5.05. The molecule has 1 aromatic rings. The van der Waals surface area contributed by atoms with Gasteiger partial charge in [-0.15, -0.1) is 0 Å². The molecular weight excluding hydrogens is 228 g/mol. The summed E-state index contributed by atoms with van der Waals surface area (Å²) in [4.78, 5) is 22.3. The summed E-state index contributed by atoms with van der Waals surface area (Å²) in [6.07, 6.45) is 2.12. The minimum Gasteiger partial charge on any atom is -0.354 e. The highest BCUT2D eigenvalue weighted by molar-refractivity contribution is 5.77. The minimum absolute atomic E-state index is 0.114. The third-order valence-corrected chi connectivity index (χ3v) is 3.25. The Morgan fingerprint density at radius 1 is 1.44 bits per heavy atom. The summed E-state index contributed by atoms with van der Waals surface area (Å²) in [6.45, 7) is 7.75. The molecule has 0 bridgehead atoms. The number of carbonyl (C=O) groups is 1. The Bertz CT molecular complexity index is 433. The van der Waals surface area contributed by atoms with Gasteiger partial charge < -0.3 is 10.2 Å². The van der Waals surface area contributed by atoms with Gasteiger partial charge in [0.2, 0.25) is 5.91 Å². The fourth-order valence-electron chi connectivity index (χ4n) is 2.16. The zero-order chi connectivity index (χ0) is 13.1. The average Bonchev–Trinajstić information content (AvgIpc) is 2.50. The monoisotopic (exact) mass is 248 g/mol. The molecule has 1 aromatic heterocycles. The van der Waals surface area contributed by atoms with Gasteiger partial charge >= 0.3 is 0 Å². The Hall–Kier alpha value is -1.65. The quantitative estimate of drug-likeness (QED) is 0.857. The van der Waals surface area contributed by atoms with Crippen LogP contribution in [0.1, 0.15) is 38.8 Å². The predicted octanol–water partition coefficient (Wildman–Crippen LogP) is 1.31. The molecule has 0 saturated carbocycles. The van der Waals surface area contributed by atoms with Gasteiger partial charge in [0.05, 0.1) is 0 Å². The van der Waals surface area contributed by atoms with E-state index in [0.717, 1.165) is 18.1 Å². The van der Waals surface area contributed by atoms with Crippen LogP contribution in [-0.4, -0.2) is 35.0 Å². The van der Waals surface area contributed by atoms with Crippen molar-refractivity contribution in [1.29, 1.82) is 0 Å². The number of carbonyl (C=O) groups excluding carboxylic acids is 1. The van der Waals surface area contributed by atoms with Crippen molar-refractivity contribution < 1.29 is 4.79 Å². The predicted molar refractivity (Wildman–Crippen MR) is 70.6 cm³/mol. The number of rotatable bonds is 2. The molecule has 1 unspecified atom stereocenters. The van der Waals surface area contributed by atoms with Gasteiger partial charge in [-0.1, -0.05) is 13.8 Å². The number of anilines is 1. The molecule has 1 N–H and O–H groups in total. The first-order chi connectivity index (χ1) is 8.58. The largest absolute Gasteiger partial charge is 0.354 e. The molecule has 2 rings (SSSR count). The summed E-state index contributed by atoms with van der Waals surface area (Å²) < 4.78 is 0. The first-order valence-electron chi connectivity index (χ1n) is 6.43. The van der Waals surface area contributed by atoms with Crippen LogP contribution in [0.25, 0.3) is 0 Å². The van der Waals surface area contributed by atoms with Crippen molar-refractivity contribution in [2.45, 2.75) is 39.2 Å². The van der Waals surface area contributed by atoms with Gasteiger partial charge in [0, 0.05) is 37.3 Å². The van der Waals surface area contributed by atoms with Crippen LogP contribution in [0.4, 0.5) is 5.82 Å². The number of amides is 1. The lowest BCUT2D eigenvalue weighted by Gasteiger charge is -2.27. The summed E-state index contributed by atoms with van der Waals surface area (Å²) in [7, 11) is 0. The highest BCUT2D eigenvalue weighted by Gasteiger charge is 2.22. The number of hydrogen-bond donors (Lipinski definition) is 1.